The van der Waals surface area contributed by atoms with Gasteiger partial charge in [0.15, 0.2) is 17.5 Å². The van der Waals surface area contributed by atoms with Gasteiger partial charge in [-0.1, -0.05) is 0 Å². The molecule has 0 aromatic heterocycles. The van der Waals surface area contributed by atoms with Crippen LogP contribution >= 0.6 is 0 Å². The molecule has 0 spiro atoms. The van der Waals surface area contributed by atoms with E-state index in [0.29, 0.717) is 10.4 Å². The maximum Gasteiger partial charge on any atom is 0.247 e. The fourth-order valence-electron chi connectivity index (χ4n) is 2.12. The molecule has 0 aliphatic heterocycles. The first-order chi connectivity index (χ1) is 12.6. The second-order valence-corrected chi connectivity index (χ2v) is 7.34. The lowest BCUT2D eigenvalue weighted by Crippen LogP contribution is -2.35. The maximum absolute atomic E-state index is 13.6. The number of nitrogens with one attached hydrogen (secondary N) is 1. The topological polar surface area (TPSA) is 75.7 Å². The van der Waals surface area contributed by atoms with Crippen molar-refractivity contribution in [3.63, 3.8) is 0 Å². The molecular weight excluding hydrogens is 392 g/mol. The number of rotatable bonds is 6. The molecule has 1 amide bonds. The van der Waals surface area contributed by atoms with E-state index in [4.69, 9.17) is 4.74 Å². The molecule has 2 aromatic rings. The third-order valence-corrected chi connectivity index (χ3v) is 5.31. The van der Waals surface area contributed by atoms with Crippen molar-refractivity contribution in [2.24, 2.45) is 0 Å². The number of benzene rings is 2. The molecule has 0 fully saturated rings. The van der Waals surface area contributed by atoms with Gasteiger partial charge in [-0.2, -0.15) is 4.31 Å². The Kier molecular flexibility index (Phi) is 6.06. The maximum atomic E-state index is 13.6. The Bertz CT molecular complexity index is 983. The van der Waals surface area contributed by atoms with E-state index >= 15 is 0 Å². The highest BCUT2D eigenvalue weighted by Crippen LogP contribution is 2.27. The first kappa shape index (κ1) is 20.6. The monoisotopic (exact) mass is 406 g/mol. The smallest absolute Gasteiger partial charge is 0.247 e. The molecule has 6 nitrogen and oxygen atoms in total. The standard InChI is InChI=1S/C16H14F4N2O4S/c1-22(27(24,25)13-7-9(17)3-6-12(13)26-2)8-14(23)21-11-5-4-10(18)15(19)16(11)20/h3-7H,8H2,1-2H3,(H,21,23). The molecule has 0 aliphatic carbocycles. The molecule has 0 heterocycles. The average molecular weight is 406 g/mol. The summed E-state index contributed by atoms with van der Waals surface area (Å²) in [6, 6.07) is 4.21. The van der Waals surface area contributed by atoms with Crippen LogP contribution in [0.4, 0.5) is 23.2 Å². The molecule has 146 valence electrons. The molecule has 0 bridgehead atoms. The highest BCUT2D eigenvalue weighted by molar-refractivity contribution is 7.89. The van der Waals surface area contributed by atoms with Crippen LogP contribution in [0.1, 0.15) is 0 Å². The minimum atomic E-state index is -4.34. The zero-order chi connectivity index (χ0) is 20.4. The van der Waals surface area contributed by atoms with E-state index < -0.39 is 56.3 Å². The van der Waals surface area contributed by atoms with E-state index in [0.717, 1.165) is 31.3 Å². The molecule has 0 atom stereocenters. The second-order valence-electron chi connectivity index (χ2n) is 5.33. The van der Waals surface area contributed by atoms with Crippen molar-refractivity contribution in [3.05, 3.63) is 53.6 Å². The molecule has 0 aliphatic rings. The average Bonchev–Trinajstić information content (AvgIpc) is 2.62. The van der Waals surface area contributed by atoms with Gasteiger partial charge in [0.1, 0.15) is 16.5 Å². The lowest BCUT2D eigenvalue weighted by molar-refractivity contribution is -0.116. The van der Waals surface area contributed by atoms with Gasteiger partial charge in [0.05, 0.1) is 19.3 Å². The number of sulfonamides is 1. The number of halogens is 4. The summed E-state index contributed by atoms with van der Waals surface area (Å²) >= 11 is 0. The van der Waals surface area contributed by atoms with E-state index in [1.54, 1.807) is 0 Å². The molecule has 2 rings (SSSR count). The molecule has 0 unspecified atom stereocenters. The summed E-state index contributed by atoms with van der Waals surface area (Å²) in [4.78, 5) is 11.5. The number of likely N-dealkylation sites (N-methyl/N-ethyl adjacent to an activating group) is 1. The predicted octanol–water partition coefficient (Wildman–Crippen LogP) is 2.51. The summed E-state index contributed by atoms with van der Waals surface area (Å²) in [5, 5.41) is 1.94. The van der Waals surface area contributed by atoms with E-state index in [9.17, 15) is 30.8 Å². The number of nitrogens with zero attached hydrogens (tertiary/aromatic N) is 1. The van der Waals surface area contributed by atoms with Crippen LogP contribution < -0.4 is 10.1 Å². The van der Waals surface area contributed by atoms with Gasteiger partial charge in [-0.15, -0.1) is 0 Å². The number of hydrogen-bond acceptors (Lipinski definition) is 4. The molecule has 27 heavy (non-hydrogen) atoms. The van der Waals surface area contributed by atoms with Gasteiger partial charge >= 0.3 is 0 Å². The minimum Gasteiger partial charge on any atom is -0.495 e. The Labute approximate surface area is 152 Å². The lowest BCUT2D eigenvalue weighted by Gasteiger charge is -2.18. The third-order valence-electron chi connectivity index (χ3n) is 3.49. The molecule has 0 radical (unpaired) electrons. The first-order valence-corrected chi connectivity index (χ1v) is 8.75. The van der Waals surface area contributed by atoms with Gasteiger partial charge in [0.2, 0.25) is 15.9 Å². The zero-order valence-corrected chi connectivity index (χ0v) is 14.9. The van der Waals surface area contributed by atoms with E-state index in [1.165, 1.54) is 7.11 Å². The van der Waals surface area contributed by atoms with Crippen molar-refractivity contribution in [1.29, 1.82) is 0 Å². The molecular formula is C16H14F4N2O4S. The fraction of sp³-hybridized carbons (Fsp3) is 0.188. The quantitative estimate of drug-likeness (QED) is 0.591. The highest BCUT2D eigenvalue weighted by Gasteiger charge is 2.27. The summed E-state index contributed by atoms with van der Waals surface area (Å²) in [7, 11) is -2.12. The van der Waals surface area contributed by atoms with Gasteiger partial charge in [0.25, 0.3) is 0 Å². The number of methoxy groups -OCH3 is 1. The van der Waals surface area contributed by atoms with E-state index in [-0.39, 0.29) is 5.75 Å². The number of amides is 1. The van der Waals surface area contributed by atoms with Crippen molar-refractivity contribution in [3.8, 4) is 5.75 Å². The molecule has 11 heteroatoms. The molecule has 0 saturated heterocycles. The first-order valence-electron chi connectivity index (χ1n) is 7.31. The van der Waals surface area contributed by atoms with Gasteiger partial charge in [-0.25, -0.2) is 26.0 Å². The summed E-state index contributed by atoms with van der Waals surface area (Å²) in [5.74, 6) is -6.85. The number of ether oxygens (including phenoxy) is 1. The minimum absolute atomic E-state index is 0.143. The third kappa shape index (κ3) is 4.37. The summed E-state index contributed by atoms with van der Waals surface area (Å²) in [5.41, 5.74) is -0.659. The van der Waals surface area contributed by atoms with Gasteiger partial charge in [-0.05, 0) is 30.3 Å². The van der Waals surface area contributed by atoms with Crippen molar-refractivity contribution < 1.29 is 35.5 Å². The summed E-state index contributed by atoms with van der Waals surface area (Å²) < 4.78 is 83.6. The van der Waals surface area contributed by atoms with Crippen LogP contribution in [-0.2, 0) is 14.8 Å². The molecule has 0 saturated carbocycles. The second kappa shape index (κ2) is 7.92. The van der Waals surface area contributed by atoms with Crippen LogP contribution in [0.3, 0.4) is 0 Å². The summed E-state index contributed by atoms with van der Waals surface area (Å²) in [6.07, 6.45) is 0. The van der Waals surface area contributed by atoms with Crippen LogP contribution in [0.15, 0.2) is 35.2 Å². The van der Waals surface area contributed by atoms with E-state index in [2.05, 4.69) is 0 Å². The van der Waals surface area contributed by atoms with Crippen molar-refractivity contribution in [1.82, 2.24) is 4.31 Å². The van der Waals surface area contributed by atoms with Crippen molar-refractivity contribution in [2.75, 3.05) is 26.0 Å². The molecule has 2 aromatic carbocycles. The number of anilines is 1. The summed E-state index contributed by atoms with van der Waals surface area (Å²) in [6.45, 7) is -0.805. The van der Waals surface area contributed by atoms with Crippen LogP contribution in [-0.4, -0.2) is 39.3 Å². The van der Waals surface area contributed by atoms with Crippen LogP contribution in [0.5, 0.6) is 5.75 Å². The Morgan fingerprint density at radius 2 is 1.78 bits per heavy atom. The number of carbonyl (C=O) groups is 1. The highest BCUT2D eigenvalue weighted by atomic mass is 32.2. The Morgan fingerprint density at radius 1 is 1.11 bits per heavy atom. The van der Waals surface area contributed by atoms with Crippen molar-refractivity contribution >= 4 is 21.6 Å². The Balaban J connectivity index is 2.21. The molecule has 1 N–H and O–H groups in total. The van der Waals surface area contributed by atoms with E-state index in [1.807, 2.05) is 5.32 Å². The van der Waals surface area contributed by atoms with Gasteiger partial charge in [0, 0.05) is 7.05 Å². The normalized spacial score (nSPS) is 11.5. The number of hydrogen-bond donors (Lipinski definition) is 1. The van der Waals surface area contributed by atoms with Gasteiger partial charge in [-0.3, -0.25) is 4.79 Å². The van der Waals surface area contributed by atoms with Crippen LogP contribution in [0, 0.1) is 23.3 Å². The van der Waals surface area contributed by atoms with Gasteiger partial charge < -0.3 is 10.1 Å². The largest absolute Gasteiger partial charge is 0.495 e. The van der Waals surface area contributed by atoms with Crippen molar-refractivity contribution in [2.45, 2.75) is 4.90 Å². The van der Waals surface area contributed by atoms with Crippen LogP contribution in [0.25, 0.3) is 0 Å². The lowest BCUT2D eigenvalue weighted by atomic mass is 10.3. The number of carbonyl (C=O) groups excluding carboxylic acids is 1. The SMILES string of the molecule is COc1ccc(F)cc1S(=O)(=O)N(C)CC(=O)Nc1ccc(F)c(F)c1F. The Morgan fingerprint density at radius 3 is 2.41 bits per heavy atom. The Hall–Kier alpha value is -2.66. The fourth-order valence-corrected chi connectivity index (χ4v) is 3.41. The zero-order valence-electron chi connectivity index (χ0n) is 14.1. The van der Waals surface area contributed by atoms with Crippen LogP contribution in [0.2, 0.25) is 0 Å². The predicted molar refractivity (Wildman–Crippen MR) is 87.7 cm³/mol.